The molecule has 1 fully saturated rings. The van der Waals surface area contributed by atoms with E-state index in [4.69, 9.17) is 0 Å². The van der Waals surface area contributed by atoms with Gasteiger partial charge in [-0.2, -0.15) is 0 Å². The highest BCUT2D eigenvalue weighted by Gasteiger charge is 2.28. The fourth-order valence-corrected chi connectivity index (χ4v) is 4.95. The quantitative estimate of drug-likeness (QED) is 0.646. The van der Waals surface area contributed by atoms with Crippen LogP contribution in [0.5, 0.6) is 0 Å². The fraction of sp³-hybridized carbons (Fsp3) is 0.333. The summed E-state index contributed by atoms with van der Waals surface area (Å²) in [6.45, 7) is 7.65. The number of hydrogen-bond acceptors (Lipinski definition) is 4. The fourth-order valence-electron chi connectivity index (χ4n) is 3.84. The standard InChI is InChI=1S/C24H28N4O2S/c1-18-19(2)31-24(28-10-6-7-11-28)22(18)23(30)27-14-12-26(13-15-27)17-21(29)25-16-20-8-4-3-5-9-20/h3-11H,12-17H2,1-2H3,(H,25,29). The van der Waals surface area contributed by atoms with Gasteiger partial charge < -0.3 is 14.8 Å². The Labute approximate surface area is 187 Å². The first-order valence-electron chi connectivity index (χ1n) is 10.6. The second-order valence-corrected chi connectivity index (χ2v) is 9.09. The zero-order chi connectivity index (χ0) is 21.8. The van der Waals surface area contributed by atoms with Crippen LogP contribution in [-0.4, -0.2) is 58.9 Å². The van der Waals surface area contributed by atoms with Crippen molar-refractivity contribution in [1.29, 1.82) is 0 Å². The summed E-state index contributed by atoms with van der Waals surface area (Å²) < 4.78 is 2.02. The molecule has 0 spiro atoms. The Morgan fingerprint density at radius 1 is 0.968 bits per heavy atom. The lowest BCUT2D eigenvalue weighted by Gasteiger charge is -2.34. The van der Waals surface area contributed by atoms with Gasteiger partial charge in [-0.25, -0.2) is 0 Å². The summed E-state index contributed by atoms with van der Waals surface area (Å²) in [6.07, 6.45) is 3.96. The number of nitrogens with one attached hydrogen (secondary N) is 1. The molecule has 6 nitrogen and oxygen atoms in total. The first-order chi connectivity index (χ1) is 15.0. The molecule has 0 atom stereocenters. The molecule has 3 heterocycles. The molecule has 3 aromatic rings. The molecule has 1 saturated heterocycles. The lowest BCUT2D eigenvalue weighted by Crippen LogP contribution is -2.51. The van der Waals surface area contributed by atoms with Crippen LogP contribution in [0.3, 0.4) is 0 Å². The van der Waals surface area contributed by atoms with Crippen molar-refractivity contribution >= 4 is 23.2 Å². The molecule has 0 bridgehead atoms. The number of thiophene rings is 1. The van der Waals surface area contributed by atoms with Crippen LogP contribution in [0.2, 0.25) is 0 Å². The molecule has 2 aromatic heterocycles. The zero-order valence-electron chi connectivity index (χ0n) is 18.0. The number of hydrogen-bond donors (Lipinski definition) is 1. The second kappa shape index (κ2) is 9.49. The van der Waals surface area contributed by atoms with E-state index in [-0.39, 0.29) is 11.8 Å². The van der Waals surface area contributed by atoms with Gasteiger partial charge in [0.2, 0.25) is 5.91 Å². The van der Waals surface area contributed by atoms with Crippen LogP contribution < -0.4 is 5.32 Å². The molecule has 31 heavy (non-hydrogen) atoms. The largest absolute Gasteiger partial charge is 0.351 e. The highest BCUT2D eigenvalue weighted by molar-refractivity contribution is 7.15. The number of benzene rings is 1. The van der Waals surface area contributed by atoms with E-state index in [1.165, 1.54) is 4.88 Å². The molecule has 0 saturated carbocycles. The van der Waals surface area contributed by atoms with Gasteiger partial charge in [0.25, 0.3) is 5.91 Å². The van der Waals surface area contributed by atoms with Crippen LogP contribution >= 0.6 is 11.3 Å². The van der Waals surface area contributed by atoms with Crippen molar-refractivity contribution in [3.8, 4) is 5.00 Å². The smallest absolute Gasteiger partial charge is 0.257 e. The molecule has 4 rings (SSSR count). The van der Waals surface area contributed by atoms with Crippen LogP contribution in [0.15, 0.2) is 54.9 Å². The maximum Gasteiger partial charge on any atom is 0.257 e. The monoisotopic (exact) mass is 436 g/mol. The molecule has 1 aliphatic rings. The zero-order valence-corrected chi connectivity index (χ0v) is 18.8. The number of piperazine rings is 1. The minimum Gasteiger partial charge on any atom is -0.351 e. The summed E-state index contributed by atoms with van der Waals surface area (Å²) in [6, 6.07) is 13.8. The molecule has 1 aromatic carbocycles. The third-order valence-electron chi connectivity index (χ3n) is 5.78. The topological polar surface area (TPSA) is 57.6 Å². The predicted molar refractivity (Wildman–Crippen MR) is 124 cm³/mol. The Balaban J connectivity index is 1.33. The molecule has 0 unspecified atom stereocenters. The number of carbonyl (C=O) groups is 2. The van der Waals surface area contributed by atoms with Gasteiger partial charge in [0.15, 0.2) is 0 Å². The molecular weight excluding hydrogens is 408 g/mol. The molecule has 2 amide bonds. The molecule has 0 radical (unpaired) electrons. The first kappa shape index (κ1) is 21.3. The average molecular weight is 437 g/mol. The van der Waals surface area contributed by atoms with Crippen molar-refractivity contribution in [2.75, 3.05) is 32.7 Å². The van der Waals surface area contributed by atoms with Crippen LogP contribution in [0.4, 0.5) is 0 Å². The number of aryl methyl sites for hydroxylation is 1. The van der Waals surface area contributed by atoms with Gasteiger partial charge in [-0.05, 0) is 37.1 Å². The van der Waals surface area contributed by atoms with Gasteiger partial charge in [0.1, 0.15) is 5.00 Å². The number of amides is 2. The van der Waals surface area contributed by atoms with E-state index < -0.39 is 0 Å². The molecule has 162 valence electrons. The molecule has 0 aliphatic carbocycles. The van der Waals surface area contributed by atoms with Crippen LogP contribution in [0.1, 0.15) is 26.4 Å². The van der Waals surface area contributed by atoms with E-state index in [0.29, 0.717) is 39.3 Å². The van der Waals surface area contributed by atoms with Gasteiger partial charge >= 0.3 is 0 Å². The lowest BCUT2D eigenvalue weighted by molar-refractivity contribution is -0.122. The van der Waals surface area contributed by atoms with Crippen molar-refractivity contribution in [2.24, 2.45) is 0 Å². The highest BCUT2D eigenvalue weighted by atomic mass is 32.1. The van der Waals surface area contributed by atoms with Crippen molar-refractivity contribution in [2.45, 2.75) is 20.4 Å². The Morgan fingerprint density at radius 2 is 1.65 bits per heavy atom. The summed E-state index contributed by atoms with van der Waals surface area (Å²) in [5.41, 5.74) is 2.94. The van der Waals surface area contributed by atoms with E-state index >= 15 is 0 Å². The number of aromatic nitrogens is 1. The number of rotatable bonds is 6. The maximum atomic E-state index is 13.4. The summed E-state index contributed by atoms with van der Waals surface area (Å²) in [5.74, 6) is 0.0987. The second-order valence-electron chi connectivity index (χ2n) is 7.88. The summed E-state index contributed by atoms with van der Waals surface area (Å²) >= 11 is 1.66. The Bertz CT molecular complexity index is 1040. The minimum atomic E-state index is 0.0165. The van der Waals surface area contributed by atoms with Crippen LogP contribution in [-0.2, 0) is 11.3 Å². The van der Waals surface area contributed by atoms with E-state index in [9.17, 15) is 9.59 Å². The predicted octanol–water partition coefficient (Wildman–Crippen LogP) is 3.23. The van der Waals surface area contributed by atoms with Gasteiger partial charge in [-0.1, -0.05) is 30.3 Å². The summed E-state index contributed by atoms with van der Waals surface area (Å²) in [7, 11) is 0. The van der Waals surface area contributed by atoms with Gasteiger partial charge in [-0.15, -0.1) is 11.3 Å². The average Bonchev–Trinajstić information content (AvgIpc) is 3.42. The van der Waals surface area contributed by atoms with E-state index in [1.807, 2.05) is 71.2 Å². The van der Waals surface area contributed by atoms with E-state index in [1.54, 1.807) is 11.3 Å². The highest BCUT2D eigenvalue weighted by Crippen LogP contribution is 2.32. The Kier molecular flexibility index (Phi) is 6.53. The SMILES string of the molecule is Cc1sc(-n2cccc2)c(C(=O)N2CCN(CC(=O)NCc3ccccc3)CC2)c1C. The summed E-state index contributed by atoms with van der Waals surface area (Å²) in [4.78, 5) is 30.9. The molecule has 1 N–H and O–H groups in total. The Morgan fingerprint density at radius 3 is 2.32 bits per heavy atom. The third kappa shape index (κ3) is 4.89. The normalized spacial score (nSPS) is 14.6. The summed E-state index contributed by atoms with van der Waals surface area (Å²) in [5, 5.41) is 3.96. The maximum absolute atomic E-state index is 13.4. The van der Waals surface area contributed by atoms with Gasteiger partial charge in [0.05, 0.1) is 12.1 Å². The molecule has 7 heteroatoms. The van der Waals surface area contributed by atoms with Crippen LogP contribution in [0, 0.1) is 13.8 Å². The lowest BCUT2D eigenvalue weighted by atomic mass is 10.1. The Hall–Kier alpha value is -2.90. The number of nitrogens with zero attached hydrogens (tertiary/aromatic N) is 3. The first-order valence-corrected chi connectivity index (χ1v) is 11.4. The van der Waals surface area contributed by atoms with Crippen LogP contribution in [0.25, 0.3) is 5.00 Å². The van der Waals surface area contributed by atoms with Crippen molar-refractivity contribution in [1.82, 2.24) is 19.7 Å². The van der Waals surface area contributed by atoms with Gasteiger partial charge in [0, 0.05) is 50.0 Å². The third-order valence-corrected chi connectivity index (χ3v) is 7.00. The molecule has 1 aliphatic heterocycles. The van der Waals surface area contributed by atoms with Crippen molar-refractivity contribution in [3.63, 3.8) is 0 Å². The minimum absolute atomic E-state index is 0.0165. The molecular formula is C24H28N4O2S. The van der Waals surface area contributed by atoms with E-state index in [2.05, 4.69) is 17.1 Å². The van der Waals surface area contributed by atoms with Gasteiger partial charge in [-0.3, -0.25) is 14.5 Å². The number of carbonyl (C=O) groups excluding carboxylic acids is 2. The van der Waals surface area contributed by atoms with Crippen molar-refractivity contribution < 1.29 is 9.59 Å². The van der Waals surface area contributed by atoms with E-state index in [0.717, 1.165) is 21.7 Å². The van der Waals surface area contributed by atoms with Crippen molar-refractivity contribution in [3.05, 3.63) is 76.4 Å².